The van der Waals surface area contributed by atoms with Gasteiger partial charge in [0.25, 0.3) is 0 Å². The number of nitrogen functional groups attached to an aromatic ring is 1. The largest absolute Gasteiger partial charge is 0.490 e. The van der Waals surface area contributed by atoms with Crippen molar-refractivity contribution in [1.82, 2.24) is 4.98 Å². The second kappa shape index (κ2) is 6.26. The predicted octanol–water partition coefficient (Wildman–Crippen LogP) is 3.33. The molecule has 0 saturated carbocycles. The van der Waals surface area contributed by atoms with Crippen molar-refractivity contribution in [3.63, 3.8) is 0 Å². The average molecular weight is 263 g/mol. The molecule has 1 heterocycles. The fraction of sp³-hybridized carbons (Fsp3) is 0.214. The summed E-state index contributed by atoms with van der Waals surface area (Å²) in [5, 5.41) is 0.555. The van der Waals surface area contributed by atoms with E-state index in [2.05, 4.69) is 4.98 Å². The molecule has 0 aliphatic heterocycles. The minimum atomic E-state index is 0.555. The lowest BCUT2D eigenvalue weighted by Crippen LogP contribution is -2.02. The van der Waals surface area contributed by atoms with Crippen LogP contribution in [0.2, 0.25) is 5.02 Å². The molecule has 0 aliphatic carbocycles. The Bertz CT molecular complexity index is 482. The Morgan fingerprint density at radius 3 is 2.67 bits per heavy atom. The van der Waals surface area contributed by atoms with Crippen LogP contribution < -0.4 is 10.5 Å². The topological polar surface area (TPSA) is 48.1 Å². The summed E-state index contributed by atoms with van der Waals surface area (Å²) in [4.78, 5) is 3.98. The van der Waals surface area contributed by atoms with Gasteiger partial charge in [0.05, 0.1) is 17.3 Å². The first-order chi connectivity index (χ1) is 8.77. The number of benzene rings is 1. The van der Waals surface area contributed by atoms with Crippen molar-refractivity contribution in [3.8, 4) is 5.75 Å². The van der Waals surface area contributed by atoms with Crippen LogP contribution in [-0.2, 0) is 6.42 Å². The number of nitrogens with zero attached hydrogens (tertiary/aromatic N) is 1. The van der Waals surface area contributed by atoms with Gasteiger partial charge in [-0.25, -0.2) is 0 Å². The van der Waals surface area contributed by atoms with Gasteiger partial charge in [-0.1, -0.05) is 17.7 Å². The Kier molecular flexibility index (Phi) is 4.42. The van der Waals surface area contributed by atoms with Crippen LogP contribution in [0.25, 0.3) is 0 Å². The fourth-order valence-electron chi connectivity index (χ4n) is 1.68. The maximum Gasteiger partial charge on any atom is 0.160 e. The summed E-state index contributed by atoms with van der Waals surface area (Å²) < 4.78 is 5.62. The molecule has 18 heavy (non-hydrogen) atoms. The van der Waals surface area contributed by atoms with Crippen molar-refractivity contribution < 1.29 is 4.74 Å². The molecule has 1 aromatic heterocycles. The van der Waals surface area contributed by atoms with E-state index >= 15 is 0 Å². The van der Waals surface area contributed by atoms with E-state index < -0.39 is 0 Å². The SMILES string of the molecule is Nc1cccc(Cl)c1OCCCc1ccncc1. The summed E-state index contributed by atoms with van der Waals surface area (Å²) >= 11 is 6.01. The molecule has 0 bridgehead atoms. The van der Waals surface area contributed by atoms with Crippen LogP contribution in [0.5, 0.6) is 5.75 Å². The van der Waals surface area contributed by atoms with E-state index in [-0.39, 0.29) is 0 Å². The van der Waals surface area contributed by atoms with Crippen LogP contribution in [0.4, 0.5) is 5.69 Å². The third-order valence-corrected chi connectivity index (χ3v) is 2.90. The molecule has 0 saturated heterocycles. The molecule has 4 heteroatoms. The Hall–Kier alpha value is -1.74. The highest BCUT2D eigenvalue weighted by atomic mass is 35.5. The number of hydrogen-bond donors (Lipinski definition) is 1. The zero-order chi connectivity index (χ0) is 12.8. The summed E-state index contributed by atoms with van der Waals surface area (Å²) in [6, 6.07) is 9.37. The van der Waals surface area contributed by atoms with Crippen molar-refractivity contribution in [1.29, 1.82) is 0 Å². The number of aryl methyl sites for hydroxylation is 1. The van der Waals surface area contributed by atoms with Crippen LogP contribution in [0.3, 0.4) is 0 Å². The first-order valence-electron chi connectivity index (χ1n) is 5.83. The van der Waals surface area contributed by atoms with Crippen molar-refractivity contribution in [2.45, 2.75) is 12.8 Å². The van der Waals surface area contributed by atoms with Gasteiger partial charge in [-0.2, -0.15) is 0 Å². The molecule has 0 unspecified atom stereocenters. The lowest BCUT2D eigenvalue weighted by atomic mass is 10.1. The number of halogens is 1. The van der Waals surface area contributed by atoms with Crippen LogP contribution in [0, 0.1) is 0 Å². The smallest absolute Gasteiger partial charge is 0.160 e. The maximum absolute atomic E-state index is 6.01. The Morgan fingerprint density at radius 2 is 1.94 bits per heavy atom. The quantitative estimate of drug-likeness (QED) is 0.664. The molecular formula is C14H15ClN2O. The second-order valence-corrected chi connectivity index (χ2v) is 4.37. The third-order valence-electron chi connectivity index (χ3n) is 2.60. The number of ether oxygens (including phenoxy) is 1. The summed E-state index contributed by atoms with van der Waals surface area (Å²) in [5.74, 6) is 0.578. The highest BCUT2D eigenvalue weighted by molar-refractivity contribution is 6.32. The first kappa shape index (κ1) is 12.7. The second-order valence-electron chi connectivity index (χ2n) is 3.97. The standard InChI is InChI=1S/C14H15ClN2O/c15-12-4-1-5-13(16)14(12)18-10-2-3-11-6-8-17-9-7-11/h1,4-9H,2-3,10,16H2. The molecule has 0 amide bonds. The van der Waals surface area contributed by atoms with Gasteiger partial charge in [0, 0.05) is 12.4 Å². The number of para-hydroxylation sites is 1. The fourth-order valence-corrected chi connectivity index (χ4v) is 1.91. The molecule has 0 radical (unpaired) electrons. The zero-order valence-corrected chi connectivity index (χ0v) is 10.7. The van der Waals surface area contributed by atoms with E-state index in [9.17, 15) is 0 Å². The van der Waals surface area contributed by atoms with Crippen molar-refractivity contribution >= 4 is 17.3 Å². The number of aromatic nitrogens is 1. The molecule has 2 rings (SSSR count). The van der Waals surface area contributed by atoms with Crippen LogP contribution in [0.15, 0.2) is 42.7 Å². The van der Waals surface area contributed by atoms with Crippen molar-refractivity contribution in [3.05, 3.63) is 53.3 Å². The summed E-state index contributed by atoms with van der Waals surface area (Å²) in [6.07, 6.45) is 5.45. The normalized spacial score (nSPS) is 10.3. The zero-order valence-electron chi connectivity index (χ0n) is 9.97. The highest BCUT2D eigenvalue weighted by Crippen LogP contribution is 2.30. The third kappa shape index (κ3) is 3.37. The highest BCUT2D eigenvalue weighted by Gasteiger charge is 2.05. The van der Waals surface area contributed by atoms with Gasteiger partial charge < -0.3 is 10.5 Å². The van der Waals surface area contributed by atoms with E-state index in [0.717, 1.165) is 12.8 Å². The molecule has 2 aromatic rings. The Balaban J connectivity index is 1.82. The van der Waals surface area contributed by atoms with E-state index in [4.69, 9.17) is 22.1 Å². The van der Waals surface area contributed by atoms with E-state index in [0.29, 0.717) is 23.1 Å². The Morgan fingerprint density at radius 1 is 1.17 bits per heavy atom. The van der Waals surface area contributed by atoms with Gasteiger partial charge in [0.2, 0.25) is 0 Å². The Labute approximate surface area is 112 Å². The number of hydrogen-bond acceptors (Lipinski definition) is 3. The van der Waals surface area contributed by atoms with Gasteiger partial charge in [0.15, 0.2) is 5.75 Å². The van der Waals surface area contributed by atoms with Gasteiger partial charge in [-0.15, -0.1) is 0 Å². The minimum Gasteiger partial charge on any atom is -0.490 e. The first-order valence-corrected chi connectivity index (χ1v) is 6.21. The lowest BCUT2D eigenvalue weighted by molar-refractivity contribution is 0.313. The number of anilines is 1. The minimum absolute atomic E-state index is 0.555. The van der Waals surface area contributed by atoms with Crippen LogP contribution in [-0.4, -0.2) is 11.6 Å². The molecule has 0 aliphatic rings. The molecule has 0 fully saturated rings. The van der Waals surface area contributed by atoms with Crippen LogP contribution in [0.1, 0.15) is 12.0 Å². The molecule has 1 aromatic carbocycles. The number of pyridine rings is 1. The van der Waals surface area contributed by atoms with E-state index in [1.807, 2.05) is 18.2 Å². The monoisotopic (exact) mass is 262 g/mol. The van der Waals surface area contributed by atoms with Gasteiger partial charge in [-0.3, -0.25) is 4.98 Å². The van der Waals surface area contributed by atoms with Gasteiger partial charge in [-0.05, 0) is 42.7 Å². The van der Waals surface area contributed by atoms with Gasteiger partial charge in [0.1, 0.15) is 0 Å². The summed E-state index contributed by atoms with van der Waals surface area (Å²) in [5.41, 5.74) is 7.62. The van der Waals surface area contributed by atoms with E-state index in [1.165, 1.54) is 5.56 Å². The van der Waals surface area contributed by atoms with Crippen molar-refractivity contribution in [2.24, 2.45) is 0 Å². The van der Waals surface area contributed by atoms with Crippen molar-refractivity contribution in [2.75, 3.05) is 12.3 Å². The van der Waals surface area contributed by atoms with Crippen LogP contribution >= 0.6 is 11.6 Å². The summed E-state index contributed by atoms with van der Waals surface area (Å²) in [7, 11) is 0. The maximum atomic E-state index is 6.01. The predicted molar refractivity (Wildman–Crippen MR) is 73.9 cm³/mol. The molecular weight excluding hydrogens is 248 g/mol. The summed E-state index contributed by atoms with van der Waals surface area (Å²) in [6.45, 7) is 0.594. The molecule has 0 spiro atoms. The molecule has 94 valence electrons. The molecule has 2 N–H and O–H groups in total. The molecule has 0 atom stereocenters. The number of rotatable bonds is 5. The van der Waals surface area contributed by atoms with E-state index in [1.54, 1.807) is 24.5 Å². The average Bonchev–Trinajstić information content (AvgIpc) is 2.38. The number of nitrogens with two attached hydrogens (primary N) is 1. The lowest BCUT2D eigenvalue weighted by Gasteiger charge is -2.10. The van der Waals surface area contributed by atoms with Gasteiger partial charge >= 0.3 is 0 Å². The molecule has 3 nitrogen and oxygen atoms in total.